The van der Waals surface area contributed by atoms with Crippen LogP contribution in [0.25, 0.3) is 130 Å². The second-order valence-electron chi connectivity index (χ2n) is 16.5. The lowest BCUT2D eigenvalue weighted by Crippen LogP contribution is -2.04. The van der Waals surface area contributed by atoms with Gasteiger partial charge in [0, 0.05) is 59.0 Å². The number of nitrogens with zero attached hydrogens (tertiary/aromatic N) is 4. The molecule has 14 aromatic rings. The van der Waals surface area contributed by atoms with Crippen LogP contribution in [0.15, 0.2) is 206 Å². The van der Waals surface area contributed by atoms with Crippen LogP contribution in [-0.4, -0.2) is 19.1 Å². The summed E-state index contributed by atoms with van der Waals surface area (Å²) in [6.07, 6.45) is 0. The van der Waals surface area contributed by atoms with Gasteiger partial charge in [-0.15, -0.1) is 11.3 Å². The van der Waals surface area contributed by atoms with E-state index in [0.717, 1.165) is 60.8 Å². The van der Waals surface area contributed by atoms with Gasteiger partial charge in [0.15, 0.2) is 0 Å². The zero-order valence-electron chi connectivity index (χ0n) is 33.8. The van der Waals surface area contributed by atoms with Gasteiger partial charge in [-0.1, -0.05) is 158 Å². The highest BCUT2D eigenvalue weighted by atomic mass is 32.1. The molecule has 4 nitrogen and oxygen atoms in total. The van der Waals surface area contributed by atoms with Crippen LogP contribution in [0.2, 0.25) is 0 Å². The van der Waals surface area contributed by atoms with Crippen molar-refractivity contribution >= 4 is 108 Å². The molecule has 5 heteroatoms. The molecule has 0 N–H and O–H groups in total. The molecule has 0 aliphatic rings. The average Bonchev–Trinajstić information content (AvgIpc) is 4.02. The third kappa shape index (κ3) is 4.97. The molecule has 4 aromatic heterocycles. The van der Waals surface area contributed by atoms with Crippen molar-refractivity contribution in [3.8, 4) is 34.0 Å². The van der Waals surface area contributed by atoms with Crippen LogP contribution >= 0.6 is 11.3 Å². The van der Waals surface area contributed by atoms with E-state index < -0.39 is 0 Å². The number of thiophene rings is 1. The molecule has 0 spiro atoms. The van der Waals surface area contributed by atoms with Crippen LogP contribution in [0.3, 0.4) is 0 Å². The third-order valence-corrected chi connectivity index (χ3v) is 14.3. The minimum Gasteiger partial charge on any atom is -0.309 e. The second kappa shape index (κ2) is 13.2. The van der Waals surface area contributed by atoms with Crippen molar-refractivity contribution in [2.24, 2.45) is 0 Å². The van der Waals surface area contributed by atoms with E-state index in [1.54, 1.807) is 0 Å². The average molecular weight is 819 g/mol. The molecule has 0 saturated carbocycles. The lowest BCUT2D eigenvalue weighted by Gasteiger charge is -2.14. The van der Waals surface area contributed by atoms with Gasteiger partial charge < -0.3 is 4.57 Å². The molecule has 0 saturated heterocycles. The number of hydrogen-bond donors (Lipinski definition) is 0. The molecule has 0 atom stereocenters. The molecular weight excluding hydrogens is 785 g/mol. The van der Waals surface area contributed by atoms with Gasteiger partial charge in [-0.05, 0) is 75.8 Å². The molecule has 292 valence electrons. The van der Waals surface area contributed by atoms with E-state index in [2.05, 4.69) is 215 Å². The lowest BCUT2D eigenvalue weighted by molar-refractivity contribution is 1.02. The summed E-state index contributed by atoms with van der Waals surface area (Å²) < 4.78 is 7.26. The molecule has 63 heavy (non-hydrogen) atoms. The second-order valence-corrected chi connectivity index (χ2v) is 17.5. The minimum absolute atomic E-state index is 0.658. The highest BCUT2D eigenvalue weighted by Gasteiger charge is 2.25. The molecule has 0 bridgehead atoms. The van der Waals surface area contributed by atoms with Gasteiger partial charge in [-0.3, -0.25) is 4.57 Å². The molecule has 4 heterocycles. The van der Waals surface area contributed by atoms with Gasteiger partial charge in [0.1, 0.15) is 0 Å². The Balaban J connectivity index is 1.13. The van der Waals surface area contributed by atoms with Crippen LogP contribution in [0, 0.1) is 0 Å². The predicted octanol–water partition coefficient (Wildman–Crippen LogP) is 15.8. The molecule has 10 aromatic carbocycles. The molecule has 0 aliphatic heterocycles. The maximum absolute atomic E-state index is 5.64. The Morgan fingerprint density at radius 1 is 0.365 bits per heavy atom. The van der Waals surface area contributed by atoms with Crippen molar-refractivity contribution in [1.82, 2.24) is 19.1 Å². The number of hydrogen-bond acceptors (Lipinski definition) is 3. The minimum atomic E-state index is 0.658. The quantitative estimate of drug-likeness (QED) is 0.166. The Hall–Kier alpha value is -8.12. The SMILES string of the molecule is c1ccc(-c2nc(-n3c4cc(-c5ccc6c(c5)c5ccccc5n6-c5ccccc5)ccc4c4c5ccccc5c5c6ccccc6sc5c43)nc3c2ccc2ccccc23)cc1. The fraction of sp³-hybridized carbons (Fsp3) is 0. The molecule has 0 amide bonds. The molecule has 0 aliphatic carbocycles. The third-order valence-electron chi connectivity index (χ3n) is 13.1. The van der Waals surface area contributed by atoms with Gasteiger partial charge in [0.2, 0.25) is 5.95 Å². The van der Waals surface area contributed by atoms with E-state index in [4.69, 9.17) is 9.97 Å². The predicted molar refractivity (Wildman–Crippen MR) is 267 cm³/mol. The fourth-order valence-corrected chi connectivity index (χ4v) is 11.6. The van der Waals surface area contributed by atoms with Gasteiger partial charge in [0.25, 0.3) is 0 Å². The maximum Gasteiger partial charge on any atom is 0.235 e. The van der Waals surface area contributed by atoms with Crippen molar-refractivity contribution < 1.29 is 0 Å². The first kappa shape index (κ1) is 34.6. The van der Waals surface area contributed by atoms with Crippen LogP contribution in [0.1, 0.15) is 0 Å². The summed E-state index contributed by atoms with van der Waals surface area (Å²) in [5.41, 5.74) is 11.0. The summed E-state index contributed by atoms with van der Waals surface area (Å²) in [7, 11) is 0. The molecule has 0 radical (unpaired) electrons. The van der Waals surface area contributed by atoms with Crippen LogP contribution in [-0.2, 0) is 0 Å². The molecular formula is C58H34N4S. The first-order chi connectivity index (χ1) is 31.3. The summed E-state index contributed by atoms with van der Waals surface area (Å²) >= 11 is 1.86. The first-order valence-electron chi connectivity index (χ1n) is 21.4. The number of fused-ring (bicyclic) bond motifs is 16. The van der Waals surface area contributed by atoms with Crippen LogP contribution in [0.5, 0.6) is 0 Å². The van der Waals surface area contributed by atoms with Gasteiger partial charge in [-0.2, -0.15) is 0 Å². The standard InChI is InChI=1S/C58H34N4S/c1-3-16-36(17-4-1)54-46-31-27-35-15-7-8-20-40(35)55(46)60-58(59-54)62-50-34-38(37-29-32-49-47(33-37)41-21-11-13-25-48(41)61(49)39-18-5-2-6-19-39)28-30-44(50)52-42-22-9-10-23-43(42)53-45-24-12-14-26-51(45)63-57(53)56(52)62/h1-34H. The normalized spacial score (nSPS) is 12.1. The van der Waals surface area contributed by atoms with Crippen molar-refractivity contribution in [1.29, 1.82) is 0 Å². The van der Waals surface area contributed by atoms with Crippen LogP contribution < -0.4 is 0 Å². The number of rotatable bonds is 4. The summed E-state index contributed by atoms with van der Waals surface area (Å²) in [5.74, 6) is 0.658. The van der Waals surface area contributed by atoms with Crippen molar-refractivity contribution in [2.45, 2.75) is 0 Å². The highest BCUT2D eigenvalue weighted by Crippen LogP contribution is 2.49. The number of benzene rings is 10. The zero-order valence-corrected chi connectivity index (χ0v) is 34.6. The topological polar surface area (TPSA) is 35.6 Å². The van der Waals surface area contributed by atoms with E-state index in [1.165, 1.54) is 63.5 Å². The van der Waals surface area contributed by atoms with Gasteiger partial charge in [-0.25, -0.2) is 9.97 Å². The van der Waals surface area contributed by atoms with E-state index >= 15 is 0 Å². The van der Waals surface area contributed by atoms with Crippen molar-refractivity contribution in [3.05, 3.63) is 206 Å². The largest absolute Gasteiger partial charge is 0.309 e. The Morgan fingerprint density at radius 2 is 1.00 bits per heavy atom. The molecule has 14 rings (SSSR count). The summed E-state index contributed by atoms with van der Waals surface area (Å²) in [4.78, 5) is 11.3. The number of aromatic nitrogens is 4. The molecule has 0 fully saturated rings. The summed E-state index contributed by atoms with van der Waals surface area (Å²) in [5, 5.41) is 13.2. The van der Waals surface area contributed by atoms with Crippen molar-refractivity contribution in [2.75, 3.05) is 0 Å². The molecule has 0 unspecified atom stereocenters. The Morgan fingerprint density at radius 3 is 1.84 bits per heavy atom. The maximum atomic E-state index is 5.64. The Bertz CT molecular complexity index is 4200. The van der Waals surface area contributed by atoms with E-state index in [0.29, 0.717) is 5.95 Å². The first-order valence-corrected chi connectivity index (χ1v) is 22.2. The van der Waals surface area contributed by atoms with Gasteiger partial charge in [0.05, 0.1) is 38.0 Å². The summed E-state index contributed by atoms with van der Waals surface area (Å²) in [6.45, 7) is 0. The van der Waals surface area contributed by atoms with Crippen molar-refractivity contribution in [3.63, 3.8) is 0 Å². The zero-order chi connectivity index (χ0) is 41.2. The van der Waals surface area contributed by atoms with E-state index in [9.17, 15) is 0 Å². The van der Waals surface area contributed by atoms with E-state index in [1.807, 2.05) is 11.3 Å². The Kier molecular flexibility index (Phi) is 7.24. The number of para-hydroxylation sites is 2. The van der Waals surface area contributed by atoms with Crippen LogP contribution in [0.4, 0.5) is 0 Å². The van der Waals surface area contributed by atoms with Gasteiger partial charge >= 0.3 is 0 Å². The summed E-state index contributed by atoms with van der Waals surface area (Å²) in [6, 6.07) is 74.7. The highest BCUT2D eigenvalue weighted by molar-refractivity contribution is 7.27. The smallest absolute Gasteiger partial charge is 0.235 e. The fourth-order valence-electron chi connectivity index (χ4n) is 10.3. The van der Waals surface area contributed by atoms with E-state index in [-0.39, 0.29) is 0 Å². The Labute approximate surface area is 365 Å². The monoisotopic (exact) mass is 818 g/mol. The lowest BCUT2D eigenvalue weighted by atomic mass is 9.97.